The van der Waals surface area contributed by atoms with Gasteiger partial charge in [-0.15, -0.1) is 0 Å². The van der Waals surface area contributed by atoms with Crippen LogP contribution in [0.25, 0.3) is 10.9 Å². The molecule has 1 fully saturated rings. The molecule has 2 aliphatic rings. The summed E-state index contributed by atoms with van der Waals surface area (Å²) in [6.45, 7) is 6.42. The molecule has 0 radical (unpaired) electrons. The molecular weight excluding hydrogens is 462 g/mol. The van der Waals surface area contributed by atoms with Crippen LogP contribution in [0.2, 0.25) is 5.02 Å². The average Bonchev–Trinajstić information content (AvgIpc) is 3.26. The van der Waals surface area contributed by atoms with Crippen molar-refractivity contribution in [2.24, 2.45) is 0 Å². The summed E-state index contributed by atoms with van der Waals surface area (Å²) in [5, 5.41) is 1.76. The van der Waals surface area contributed by atoms with Crippen LogP contribution in [-0.4, -0.2) is 59.4 Å². The number of aromatic nitrogens is 1. The van der Waals surface area contributed by atoms with Crippen molar-refractivity contribution in [3.63, 3.8) is 0 Å². The van der Waals surface area contributed by atoms with E-state index in [1.165, 1.54) is 0 Å². The third-order valence-electron chi connectivity index (χ3n) is 7.45. The molecule has 2 atom stereocenters. The van der Waals surface area contributed by atoms with E-state index in [-0.39, 0.29) is 24.3 Å². The highest BCUT2D eigenvalue weighted by Crippen LogP contribution is 2.48. The molecule has 2 aliphatic heterocycles. The summed E-state index contributed by atoms with van der Waals surface area (Å²) < 4.78 is 5.68. The van der Waals surface area contributed by atoms with Gasteiger partial charge in [-0.05, 0) is 49.1 Å². The van der Waals surface area contributed by atoms with Crippen LogP contribution in [0.3, 0.4) is 0 Å². The number of piperazine rings is 1. The second kappa shape index (κ2) is 9.67. The Bertz CT molecular complexity index is 1240. The summed E-state index contributed by atoms with van der Waals surface area (Å²) in [5.74, 6) is -0.114. The summed E-state index contributed by atoms with van der Waals surface area (Å²) in [4.78, 5) is 34.5. The molecule has 184 valence electrons. The number of unbranched alkanes of at least 4 members (excludes halogenated alkanes) is 1. The lowest BCUT2D eigenvalue weighted by Crippen LogP contribution is -2.67. The van der Waals surface area contributed by atoms with Gasteiger partial charge in [0.2, 0.25) is 5.91 Å². The Balaban J connectivity index is 1.52. The Morgan fingerprint density at radius 3 is 2.60 bits per heavy atom. The van der Waals surface area contributed by atoms with Gasteiger partial charge in [0.15, 0.2) is 5.54 Å². The van der Waals surface area contributed by atoms with Crippen molar-refractivity contribution in [2.45, 2.75) is 44.6 Å². The Morgan fingerprint density at radius 1 is 1.09 bits per heavy atom. The fourth-order valence-electron chi connectivity index (χ4n) is 5.56. The molecule has 3 heterocycles. The number of hydrogen-bond donors (Lipinski definition) is 1. The van der Waals surface area contributed by atoms with E-state index in [1.54, 1.807) is 9.80 Å². The highest BCUT2D eigenvalue weighted by molar-refractivity contribution is 6.30. The van der Waals surface area contributed by atoms with E-state index in [4.69, 9.17) is 16.3 Å². The van der Waals surface area contributed by atoms with Crippen LogP contribution >= 0.6 is 11.6 Å². The van der Waals surface area contributed by atoms with Gasteiger partial charge < -0.3 is 19.5 Å². The number of nitrogens with one attached hydrogen (secondary N) is 1. The third kappa shape index (κ3) is 4.13. The highest BCUT2D eigenvalue weighted by Gasteiger charge is 2.56. The Kier molecular flexibility index (Phi) is 6.60. The van der Waals surface area contributed by atoms with Gasteiger partial charge in [-0.2, -0.15) is 0 Å². The smallest absolute Gasteiger partial charge is 0.254 e. The first-order chi connectivity index (χ1) is 16.9. The molecule has 1 saturated heterocycles. The van der Waals surface area contributed by atoms with Crippen LogP contribution in [0.1, 0.15) is 55.8 Å². The van der Waals surface area contributed by atoms with Gasteiger partial charge in [0.1, 0.15) is 0 Å². The first-order valence-electron chi connectivity index (χ1n) is 12.5. The van der Waals surface area contributed by atoms with Gasteiger partial charge in [0.25, 0.3) is 5.91 Å². The summed E-state index contributed by atoms with van der Waals surface area (Å²) in [7, 11) is 0. The number of nitrogens with zero attached hydrogens (tertiary/aromatic N) is 2. The van der Waals surface area contributed by atoms with Crippen LogP contribution < -0.4 is 0 Å². The molecule has 2 unspecified atom stereocenters. The van der Waals surface area contributed by atoms with Crippen molar-refractivity contribution in [1.29, 1.82) is 0 Å². The fraction of sp³-hybridized carbons (Fsp3) is 0.429. The molecule has 1 N–H and O–H groups in total. The predicted molar refractivity (Wildman–Crippen MR) is 138 cm³/mol. The second-order valence-electron chi connectivity index (χ2n) is 9.69. The maximum absolute atomic E-state index is 14.0. The van der Waals surface area contributed by atoms with Crippen molar-refractivity contribution in [2.75, 3.05) is 32.8 Å². The quantitative estimate of drug-likeness (QED) is 0.446. The number of H-pyrrole nitrogens is 1. The number of amides is 2. The van der Waals surface area contributed by atoms with Crippen LogP contribution in [0.15, 0.2) is 48.5 Å². The minimum absolute atomic E-state index is 0.0257. The van der Waals surface area contributed by atoms with Gasteiger partial charge in [0, 0.05) is 48.1 Å². The van der Waals surface area contributed by atoms with E-state index in [0.717, 1.165) is 47.2 Å². The first-order valence-corrected chi connectivity index (χ1v) is 12.9. The Hall–Kier alpha value is -2.83. The van der Waals surface area contributed by atoms with E-state index in [2.05, 4.69) is 18.0 Å². The van der Waals surface area contributed by atoms with Crippen LogP contribution in [0.5, 0.6) is 0 Å². The van der Waals surface area contributed by atoms with E-state index < -0.39 is 5.54 Å². The number of para-hydroxylation sites is 1. The Labute approximate surface area is 211 Å². The largest absolute Gasteiger partial charge is 0.381 e. The molecule has 3 aromatic rings. The minimum atomic E-state index is -1.07. The first kappa shape index (κ1) is 23.9. The van der Waals surface area contributed by atoms with Gasteiger partial charge in [-0.25, -0.2) is 0 Å². The molecule has 0 spiro atoms. The van der Waals surface area contributed by atoms with Gasteiger partial charge in [0.05, 0.1) is 12.2 Å². The number of benzene rings is 2. The molecule has 0 saturated carbocycles. The molecule has 2 amide bonds. The second-order valence-corrected chi connectivity index (χ2v) is 10.1. The molecule has 35 heavy (non-hydrogen) atoms. The van der Waals surface area contributed by atoms with E-state index in [9.17, 15) is 9.59 Å². The van der Waals surface area contributed by atoms with E-state index >= 15 is 0 Å². The predicted octanol–water partition coefficient (Wildman–Crippen LogP) is 5.06. The lowest BCUT2D eigenvalue weighted by molar-refractivity contribution is -0.166. The topological polar surface area (TPSA) is 65.6 Å². The number of hydrogen-bond acceptors (Lipinski definition) is 3. The van der Waals surface area contributed by atoms with E-state index in [0.29, 0.717) is 31.1 Å². The molecule has 6 nitrogen and oxygen atoms in total. The van der Waals surface area contributed by atoms with Crippen molar-refractivity contribution < 1.29 is 14.3 Å². The van der Waals surface area contributed by atoms with Crippen molar-refractivity contribution in [3.8, 4) is 0 Å². The number of rotatable bonds is 8. The lowest BCUT2D eigenvalue weighted by Gasteiger charge is -2.51. The van der Waals surface area contributed by atoms with Gasteiger partial charge in [-0.3, -0.25) is 9.59 Å². The number of carbonyl (C=O) groups excluding carboxylic acids is 2. The third-order valence-corrected chi connectivity index (χ3v) is 7.70. The number of halogens is 1. The van der Waals surface area contributed by atoms with Crippen LogP contribution in [-0.2, 0) is 19.9 Å². The zero-order valence-corrected chi connectivity index (χ0v) is 21.1. The number of fused-ring (bicyclic) bond motifs is 5. The van der Waals surface area contributed by atoms with Crippen molar-refractivity contribution >= 4 is 34.3 Å². The maximum atomic E-state index is 14.0. The monoisotopic (exact) mass is 493 g/mol. The van der Waals surface area contributed by atoms with Crippen LogP contribution in [0, 0.1) is 0 Å². The molecule has 2 aromatic carbocycles. The SMILES string of the molecule is CCCCOCCCN1CC(=O)N2CC(c3ccc(Cl)cc3)c3c([nH]c4ccccc34)C2(C)C1=O. The molecular formula is C28H32ClN3O3. The summed E-state index contributed by atoms with van der Waals surface area (Å²) in [6, 6.07) is 15.9. The number of aromatic amines is 1. The van der Waals surface area contributed by atoms with Gasteiger partial charge >= 0.3 is 0 Å². The van der Waals surface area contributed by atoms with Crippen molar-refractivity contribution in [1.82, 2.24) is 14.8 Å². The summed E-state index contributed by atoms with van der Waals surface area (Å²) in [5.41, 5.74) is 2.88. The zero-order chi connectivity index (χ0) is 24.6. The van der Waals surface area contributed by atoms with Crippen LogP contribution in [0.4, 0.5) is 0 Å². The van der Waals surface area contributed by atoms with Gasteiger partial charge in [-0.1, -0.05) is 55.3 Å². The highest BCUT2D eigenvalue weighted by atomic mass is 35.5. The summed E-state index contributed by atoms with van der Waals surface area (Å²) >= 11 is 6.16. The zero-order valence-electron chi connectivity index (χ0n) is 20.4. The standard InChI is InChI=1S/C28H32ClN3O3/c1-3-4-15-35-16-7-14-31-18-24(33)32-17-22(19-10-12-20(29)13-11-19)25-21-8-5-6-9-23(21)30-26(25)28(32,2)27(31)34/h5-6,8-13,22,30H,3-4,7,14-18H2,1-2H3. The lowest BCUT2D eigenvalue weighted by atomic mass is 9.76. The fourth-order valence-corrected chi connectivity index (χ4v) is 5.68. The molecule has 5 rings (SSSR count). The molecule has 0 aliphatic carbocycles. The van der Waals surface area contributed by atoms with E-state index in [1.807, 2.05) is 49.4 Å². The maximum Gasteiger partial charge on any atom is 0.254 e. The minimum Gasteiger partial charge on any atom is -0.381 e. The Morgan fingerprint density at radius 2 is 1.83 bits per heavy atom. The number of carbonyl (C=O) groups is 2. The number of ether oxygens (including phenoxy) is 1. The molecule has 0 bridgehead atoms. The average molecular weight is 494 g/mol. The summed E-state index contributed by atoms with van der Waals surface area (Å²) in [6.07, 6.45) is 2.84. The normalized spacial score (nSPS) is 22.0. The molecule has 1 aromatic heterocycles. The molecule has 7 heteroatoms. The van der Waals surface area contributed by atoms with Crippen molar-refractivity contribution in [3.05, 3.63) is 70.4 Å².